The molecule has 1 aliphatic heterocycles. The van der Waals surface area contributed by atoms with Crippen LogP contribution in [0.3, 0.4) is 0 Å². The molecule has 78 valence electrons. The van der Waals surface area contributed by atoms with Crippen LogP contribution in [0.5, 0.6) is 0 Å². The lowest BCUT2D eigenvalue weighted by Crippen LogP contribution is -2.28. The Morgan fingerprint density at radius 3 is 2.86 bits per heavy atom. The molecule has 14 heavy (non-hydrogen) atoms. The van der Waals surface area contributed by atoms with E-state index >= 15 is 0 Å². The van der Waals surface area contributed by atoms with Gasteiger partial charge in [-0.05, 0) is 26.9 Å². The minimum absolute atomic E-state index is 1.11. The van der Waals surface area contributed by atoms with E-state index in [0.717, 1.165) is 25.3 Å². The third-order valence-corrected chi connectivity index (χ3v) is 3.62. The summed E-state index contributed by atoms with van der Waals surface area (Å²) in [5, 5.41) is 3.32. The Balaban J connectivity index is 2.04. The van der Waals surface area contributed by atoms with Crippen molar-refractivity contribution in [3.8, 4) is 0 Å². The van der Waals surface area contributed by atoms with Crippen LogP contribution in [0.25, 0.3) is 0 Å². The van der Waals surface area contributed by atoms with E-state index in [2.05, 4.69) is 34.1 Å². The Labute approximate surface area is 89.4 Å². The van der Waals surface area contributed by atoms with Crippen molar-refractivity contribution in [3.63, 3.8) is 0 Å². The average Bonchev–Trinajstić information content (AvgIpc) is 2.46. The topological polar surface area (TPSA) is 19.4 Å². The smallest absolute Gasteiger partial charge is 0.185 e. The molecule has 1 aliphatic rings. The predicted molar refractivity (Wildman–Crippen MR) is 61.2 cm³/mol. The summed E-state index contributed by atoms with van der Waals surface area (Å²) < 4.78 is 0. The van der Waals surface area contributed by atoms with Gasteiger partial charge in [0.05, 0.1) is 5.69 Å². The second kappa shape index (κ2) is 4.28. The van der Waals surface area contributed by atoms with Gasteiger partial charge in [0.25, 0.3) is 0 Å². The fourth-order valence-corrected chi connectivity index (χ4v) is 2.58. The number of nitrogens with zero attached hydrogens (tertiary/aromatic N) is 3. The van der Waals surface area contributed by atoms with Crippen LogP contribution < -0.4 is 4.90 Å². The molecule has 0 radical (unpaired) electrons. The maximum atomic E-state index is 4.53. The van der Waals surface area contributed by atoms with Crippen LogP contribution in [0, 0.1) is 6.92 Å². The van der Waals surface area contributed by atoms with E-state index < -0.39 is 0 Å². The summed E-state index contributed by atoms with van der Waals surface area (Å²) in [4.78, 5) is 9.32. The summed E-state index contributed by atoms with van der Waals surface area (Å²) in [5.41, 5.74) is 1.14. The van der Waals surface area contributed by atoms with Crippen LogP contribution in [0.1, 0.15) is 12.1 Å². The molecule has 0 N–H and O–H groups in total. The second-order valence-corrected chi connectivity index (χ2v) is 4.75. The van der Waals surface area contributed by atoms with Crippen molar-refractivity contribution in [2.75, 3.05) is 38.1 Å². The Morgan fingerprint density at radius 2 is 2.14 bits per heavy atom. The van der Waals surface area contributed by atoms with E-state index in [9.17, 15) is 0 Å². The van der Waals surface area contributed by atoms with Gasteiger partial charge in [0.2, 0.25) is 0 Å². The molecule has 0 aliphatic carbocycles. The molecule has 0 atom stereocenters. The van der Waals surface area contributed by atoms with Crippen molar-refractivity contribution in [1.82, 2.24) is 9.88 Å². The minimum Gasteiger partial charge on any atom is -0.347 e. The first-order valence-electron chi connectivity index (χ1n) is 5.11. The van der Waals surface area contributed by atoms with Gasteiger partial charge in [0.15, 0.2) is 5.13 Å². The highest BCUT2D eigenvalue weighted by Crippen LogP contribution is 2.20. The highest BCUT2D eigenvalue weighted by molar-refractivity contribution is 7.13. The third-order valence-electron chi connectivity index (χ3n) is 2.60. The van der Waals surface area contributed by atoms with Gasteiger partial charge in [0, 0.05) is 25.0 Å². The average molecular weight is 211 g/mol. The summed E-state index contributed by atoms with van der Waals surface area (Å²) in [6.45, 7) is 6.68. The molecule has 1 fully saturated rings. The number of thiazole rings is 1. The standard InChI is InChI=1S/C10H17N3S/c1-9-8-14-10(11-9)13-5-3-4-12(2)6-7-13/h8H,3-7H2,1-2H3. The highest BCUT2D eigenvalue weighted by Gasteiger charge is 2.14. The van der Waals surface area contributed by atoms with Gasteiger partial charge in [-0.2, -0.15) is 0 Å². The number of hydrogen-bond donors (Lipinski definition) is 0. The van der Waals surface area contributed by atoms with Gasteiger partial charge in [-0.25, -0.2) is 4.98 Å². The quantitative estimate of drug-likeness (QED) is 0.703. The number of rotatable bonds is 1. The van der Waals surface area contributed by atoms with Gasteiger partial charge >= 0.3 is 0 Å². The molecule has 2 heterocycles. The van der Waals surface area contributed by atoms with Crippen LogP contribution in [0.4, 0.5) is 5.13 Å². The maximum Gasteiger partial charge on any atom is 0.185 e. The molecule has 0 spiro atoms. The summed E-state index contributed by atoms with van der Waals surface area (Å²) in [6.07, 6.45) is 1.25. The third kappa shape index (κ3) is 2.25. The fourth-order valence-electron chi connectivity index (χ4n) is 1.72. The van der Waals surface area contributed by atoms with Crippen LogP contribution in [-0.4, -0.2) is 43.1 Å². The number of aromatic nitrogens is 1. The van der Waals surface area contributed by atoms with Crippen molar-refractivity contribution in [3.05, 3.63) is 11.1 Å². The van der Waals surface area contributed by atoms with E-state index in [4.69, 9.17) is 0 Å². The Hall–Kier alpha value is -0.610. The number of aryl methyl sites for hydroxylation is 1. The molecule has 0 saturated carbocycles. The predicted octanol–water partition coefficient (Wildman–Crippen LogP) is 1.59. The summed E-state index contributed by atoms with van der Waals surface area (Å²) in [7, 11) is 2.19. The van der Waals surface area contributed by atoms with E-state index in [1.165, 1.54) is 18.1 Å². The van der Waals surface area contributed by atoms with Crippen LogP contribution in [0.2, 0.25) is 0 Å². The van der Waals surface area contributed by atoms with Crippen molar-refractivity contribution < 1.29 is 0 Å². The molecule has 4 heteroatoms. The zero-order valence-electron chi connectivity index (χ0n) is 8.86. The Bertz CT molecular complexity index is 297. The first kappa shape index (κ1) is 9.93. The highest BCUT2D eigenvalue weighted by atomic mass is 32.1. The number of hydrogen-bond acceptors (Lipinski definition) is 4. The maximum absolute atomic E-state index is 4.53. The summed E-state index contributed by atoms with van der Waals surface area (Å²) >= 11 is 1.76. The van der Waals surface area contributed by atoms with Crippen molar-refractivity contribution in [2.24, 2.45) is 0 Å². The first-order chi connectivity index (χ1) is 6.75. The van der Waals surface area contributed by atoms with Gasteiger partial charge in [-0.15, -0.1) is 11.3 Å². The zero-order chi connectivity index (χ0) is 9.97. The molecule has 0 amide bonds. The summed E-state index contributed by atoms with van der Waals surface area (Å²) in [5.74, 6) is 0. The molecular formula is C10H17N3S. The monoisotopic (exact) mass is 211 g/mol. The van der Waals surface area contributed by atoms with Crippen LogP contribution in [-0.2, 0) is 0 Å². The second-order valence-electron chi connectivity index (χ2n) is 3.92. The largest absolute Gasteiger partial charge is 0.347 e. The fraction of sp³-hybridized carbons (Fsp3) is 0.700. The van der Waals surface area contributed by atoms with Crippen molar-refractivity contribution in [1.29, 1.82) is 0 Å². The van der Waals surface area contributed by atoms with E-state index in [1.54, 1.807) is 11.3 Å². The van der Waals surface area contributed by atoms with E-state index in [0.29, 0.717) is 0 Å². The minimum atomic E-state index is 1.11. The van der Waals surface area contributed by atoms with Crippen LogP contribution >= 0.6 is 11.3 Å². The van der Waals surface area contributed by atoms with Crippen LogP contribution in [0.15, 0.2) is 5.38 Å². The molecule has 1 saturated heterocycles. The molecule has 0 bridgehead atoms. The number of anilines is 1. The molecule has 1 aromatic heterocycles. The van der Waals surface area contributed by atoms with Gasteiger partial charge in [-0.1, -0.05) is 0 Å². The molecular weight excluding hydrogens is 194 g/mol. The molecule has 1 aromatic rings. The van der Waals surface area contributed by atoms with Crippen molar-refractivity contribution in [2.45, 2.75) is 13.3 Å². The Kier molecular flexibility index (Phi) is 3.03. The lowest BCUT2D eigenvalue weighted by molar-refractivity contribution is 0.360. The SMILES string of the molecule is Cc1csc(N2CCCN(C)CC2)n1. The van der Waals surface area contributed by atoms with Gasteiger partial charge < -0.3 is 9.80 Å². The number of likely N-dealkylation sites (N-methyl/N-ethyl adjacent to an activating group) is 1. The molecule has 0 unspecified atom stereocenters. The zero-order valence-corrected chi connectivity index (χ0v) is 9.68. The first-order valence-corrected chi connectivity index (χ1v) is 5.99. The van der Waals surface area contributed by atoms with Gasteiger partial charge in [0.1, 0.15) is 0 Å². The molecule has 2 rings (SSSR count). The Morgan fingerprint density at radius 1 is 1.29 bits per heavy atom. The molecule has 0 aromatic carbocycles. The normalized spacial score (nSPS) is 19.7. The van der Waals surface area contributed by atoms with Gasteiger partial charge in [-0.3, -0.25) is 0 Å². The van der Waals surface area contributed by atoms with E-state index in [-0.39, 0.29) is 0 Å². The summed E-state index contributed by atoms with van der Waals surface area (Å²) in [6, 6.07) is 0. The lowest BCUT2D eigenvalue weighted by Gasteiger charge is -2.18. The van der Waals surface area contributed by atoms with E-state index in [1.807, 2.05) is 0 Å². The lowest BCUT2D eigenvalue weighted by atomic mass is 10.4. The molecule has 3 nitrogen and oxygen atoms in total. The van der Waals surface area contributed by atoms with Crippen molar-refractivity contribution >= 4 is 16.5 Å².